The Labute approximate surface area is 94.5 Å². The molecular formula is C12H14N4. The summed E-state index contributed by atoms with van der Waals surface area (Å²) < 4.78 is 0. The van der Waals surface area contributed by atoms with Crippen molar-refractivity contribution in [2.75, 3.05) is 11.1 Å². The topological polar surface area (TPSA) is 63.8 Å². The lowest BCUT2D eigenvalue weighted by Gasteiger charge is -2.07. The lowest BCUT2D eigenvalue weighted by Crippen LogP contribution is -2.04. The van der Waals surface area contributed by atoms with Gasteiger partial charge in [-0.15, -0.1) is 5.10 Å². The number of hydrogen-bond acceptors (Lipinski definition) is 4. The lowest BCUT2D eigenvalue weighted by atomic mass is 10.2. The molecule has 4 nitrogen and oxygen atoms in total. The van der Waals surface area contributed by atoms with Gasteiger partial charge in [-0.2, -0.15) is 5.10 Å². The number of anilines is 2. The summed E-state index contributed by atoms with van der Waals surface area (Å²) in [6.45, 7) is 2.57. The number of aryl methyl sites for hydroxylation is 1. The zero-order valence-electron chi connectivity index (χ0n) is 9.14. The number of hydrogen-bond donors (Lipinski definition) is 2. The first-order chi connectivity index (χ1) is 7.75. The molecule has 82 valence electrons. The number of benzene rings is 1. The van der Waals surface area contributed by atoms with Crippen LogP contribution >= 0.6 is 0 Å². The minimum absolute atomic E-state index is 0.657. The van der Waals surface area contributed by atoms with E-state index in [0.717, 1.165) is 22.8 Å². The highest BCUT2D eigenvalue weighted by atomic mass is 15.2. The summed E-state index contributed by atoms with van der Waals surface area (Å²) in [7, 11) is 0. The van der Waals surface area contributed by atoms with Crippen molar-refractivity contribution in [2.45, 2.75) is 13.5 Å². The fourth-order valence-corrected chi connectivity index (χ4v) is 1.37. The van der Waals surface area contributed by atoms with Crippen LogP contribution in [0.3, 0.4) is 0 Å². The van der Waals surface area contributed by atoms with E-state index in [9.17, 15) is 0 Å². The van der Waals surface area contributed by atoms with Crippen LogP contribution in [0.1, 0.15) is 11.3 Å². The number of nitrogens with two attached hydrogens (primary N) is 1. The molecule has 1 heterocycles. The van der Waals surface area contributed by atoms with Crippen molar-refractivity contribution in [3.8, 4) is 0 Å². The Morgan fingerprint density at radius 2 is 1.94 bits per heavy atom. The third-order valence-corrected chi connectivity index (χ3v) is 2.31. The Kier molecular flexibility index (Phi) is 3.00. The van der Waals surface area contributed by atoms with E-state index in [2.05, 4.69) is 15.5 Å². The molecule has 2 aromatic rings. The van der Waals surface area contributed by atoms with Crippen molar-refractivity contribution in [3.63, 3.8) is 0 Å². The van der Waals surface area contributed by atoms with Crippen LogP contribution in [0.15, 0.2) is 36.4 Å². The molecule has 0 unspecified atom stereocenters. The monoisotopic (exact) mass is 214 g/mol. The molecule has 4 heteroatoms. The van der Waals surface area contributed by atoms with E-state index >= 15 is 0 Å². The van der Waals surface area contributed by atoms with Gasteiger partial charge in [-0.05, 0) is 30.7 Å². The van der Waals surface area contributed by atoms with Crippen molar-refractivity contribution < 1.29 is 0 Å². The van der Waals surface area contributed by atoms with E-state index in [0.29, 0.717) is 6.54 Å². The molecule has 0 radical (unpaired) electrons. The summed E-state index contributed by atoms with van der Waals surface area (Å²) in [6.07, 6.45) is 0. The molecular weight excluding hydrogens is 200 g/mol. The van der Waals surface area contributed by atoms with Crippen molar-refractivity contribution in [2.24, 2.45) is 0 Å². The second-order valence-corrected chi connectivity index (χ2v) is 3.61. The highest BCUT2D eigenvalue weighted by Crippen LogP contribution is 2.12. The van der Waals surface area contributed by atoms with Crippen LogP contribution in [-0.2, 0) is 6.54 Å². The standard InChI is InChI=1S/C12H14N4/c1-9-6-7-12(16-15-9)14-8-10-4-2-3-5-11(10)13/h2-7H,8,13H2,1H3,(H,14,16). The summed E-state index contributed by atoms with van der Waals surface area (Å²) in [6, 6.07) is 11.6. The summed E-state index contributed by atoms with van der Waals surface area (Å²) >= 11 is 0. The normalized spacial score (nSPS) is 10.1. The molecule has 0 atom stereocenters. The lowest BCUT2D eigenvalue weighted by molar-refractivity contribution is 0.963. The zero-order valence-corrected chi connectivity index (χ0v) is 9.14. The Bertz CT molecular complexity index is 465. The van der Waals surface area contributed by atoms with Crippen molar-refractivity contribution in [1.82, 2.24) is 10.2 Å². The van der Waals surface area contributed by atoms with Gasteiger partial charge in [-0.1, -0.05) is 18.2 Å². The summed E-state index contributed by atoms with van der Waals surface area (Å²) in [5, 5.41) is 11.2. The van der Waals surface area contributed by atoms with E-state index in [-0.39, 0.29) is 0 Å². The highest BCUT2D eigenvalue weighted by molar-refractivity contribution is 5.48. The highest BCUT2D eigenvalue weighted by Gasteiger charge is 1.98. The smallest absolute Gasteiger partial charge is 0.148 e. The molecule has 0 saturated heterocycles. The van der Waals surface area contributed by atoms with Gasteiger partial charge >= 0.3 is 0 Å². The summed E-state index contributed by atoms with van der Waals surface area (Å²) in [5.41, 5.74) is 8.59. The third kappa shape index (κ3) is 2.48. The maximum absolute atomic E-state index is 5.83. The molecule has 0 aliphatic carbocycles. The average Bonchev–Trinajstić information content (AvgIpc) is 2.30. The van der Waals surface area contributed by atoms with Gasteiger partial charge < -0.3 is 11.1 Å². The minimum atomic E-state index is 0.657. The van der Waals surface area contributed by atoms with E-state index < -0.39 is 0 Å². The van der Waals surface area contributed by atoms with Crippen molar-refractivity contribution in [1.29, 1.82) is 0 Å². The third-order valence-electron chi connectivity index (χ3n) is 2.31. The summed E-state index contributed by atoms with van der Waals surface area (Å²) in [5.74, 6) is 0.758. The van der Waals surface area contributed by atoms with Crippen molar-refractivity contribution in [3.05, 3.63) is 47.7 Å². The minimum Gasteiger partial charge on any atom is -0.398 e. The van der Waals surface area contributed by atoms with Crippen LogP contribution in [-0.4, -0.2) is 10.2 Å². The molecule has 0 aliphatic rings. The van der Waals surface area contributed by atoms with Crippen LogP contribution in [0.5, 0.6) is 0 Å². The quantitative estimate of drug-likeness (QED) is 0.767. The molecule has 16 heavy (non-hydrogen) atoms. The van der Waals surface area contributed by atoms with Crippen LogP contribution < -0.4 is 11.1 Å². The predicted molar refractivity (Wildman–Crippen MR) is 65.0 cm³/mol. The molecule has 1 aromatic carbocycles. The zero-order chi connectivity index (χ0) is 11.4. The Morgan fingerprint density at radius 1 is 1.12 bits per heavy atom. The van der Waals surface area contributed by atoms with Gasteiger partial charge in [-0.25, -0.2) is 0 Å². The molecule has 0 aliphatic heterocycles. The number of nitrogen functional groups attached to an aromatic ring is 1. The fraction of sp³-hybridized carbons (Fsp3) is 0.167. The second kappa shape index (κ2) is 4.61. The van der Waals surface area contributed by atoms with Gasteiger partial charge in [0.2, 0.25) is 0 Å². The van der Waals surface area contributed by atoms with E-state index in [1.807, 2.05) is 43.3 Å². The molecule has 1 aromatic heterocycles. The Morgan fingerprint density at radius 3 is 2.62 bits per heavy atom. The van der Waals surface area contributed by atoms with Crippen LogP contribution in [0.2, 0.25) is 0 Å². The molecule has 0 amide bonds. The SMILES string of the molecule is Cc1ccc(NCc2ccccc2N)nn1. The number of aromatic nitrogens is 2. The van der Waals surface area contributed by atoms with Gasteiger partial charge in [0.05, 0.1) is 5.69 Å². The molecule has 0 bridgehead atoms. The molecule has 2 rings (SSSR count). The van der Waals surface area contributed by atoms with Crippen LogP contribution in [0.25, 0.3) is 0 Å². The molecule has 0 fully saturated rings. The number of para-hydroxylation sites is 1. The number of rotatable bonds is 3. The Balaban J connectivity index is 2.02. The molecule has 0 saturated carbocycles. The maximum atomic E-state index is 5.83. The Hall–Kier alpha value is -2.10. The van der Waals surface area contributed by atoms with Gasteiger partial charge in [0.25, 0.3) is 0 Å². The molecule has 0 spiro atoms. The van der Waals surface area contributed by atoms with E-state index in [1.165, 1.54) is 0 Å². The van der Waals surface area contributed by atoms with Gasteiger partial charge in [0, 0.05) is 12.2 Å². The summed E-state index contributed by atoms with van der Waals surface area (Å²) in [4.78, 5) is 0. The fourth-order valence-electron chi connectivity index (χ4n) is 1.37. The average molecular weight is 214 g/mol. The van der Waals surface area contributed by atoms with Crippen LogP contribution in [0.4, 0.5) is 11.5 Å². The molecule has 3 N–H and O–H groups in total. The van der Waals surface area contributed by atoms with E-state index in [4.69, 9.17) is 5.73 Å². The van der Waals surface area contributed by atoms with Crippen LogP contribution in [0, 0.1) is 6.92 Å². The second-order valence-electron chi connectivity index (χ2n) is 3.61. The largest absolute Gasteiger partial charge is 0.398 e. The van der Waals surface area contributed by atoms with Gasteiger partial charge in [-0.3, -0.25) is 0 Å². The number of nitrogens with one attached hydrogen (secondary N) is 1. The van der Waals surface area contributed by atoms with Crippen molar-refractivity contribution >= 4 is 11.5 Å². The first kappa shape index (κ1) is 10.4. The maximum Gasteiger partial charge on any atom is 0.148 e. The van der Waals surface area contributed by atoms with Gasteiger partial charge in [0.1, 0.15) is 5.82 Å². The predicted octanol–water partition coefficient (Wildman–Crippen LogP) is 1.98. The first-order valence-electron chi connectivity index (χ1n) is 5.13. The van der Waals surface area contributed by atoms with Gasteiger partial charge in [0.15, 0.2) is 0 Å². The number of nitrogens with zero attached hydrogens (tertiary/aromatic N) is 2. The van der Waals surface area contributed by atoms with E-state index in [1.54, 1.807) is 0 Å². The first-order valence-corrected chi connectivity index (χ1v) is 5.13.